The molecule has 0 aliphatic carbocycles. The van der Waals surface area contributed by atoms with Gasteiger partial charge in [-0.2, -0.15) is 0 Å². The van der Waals surface area contributed by atoms with Crippen LogP contribution in [-0.4, -0.2) is 22.4 Å². The van der Waals surface area contributed by atoms with E-state index in [2.05, 4.69) is 21.2 Å². The minimum absolute atomic E-state index is 0.0945. The molecule has 5 heteroatoms. The zero-order chi connectivity index (χ0) is 9.68. The lowest BCUT2D eigenvalue weighted by Crippen LogP contribution is -2.25. The van der Waals surface area contributed by atoms with Gasteiger partial charge in [0.15, 0.2) is 11.5 Å². The first-order valence-corrected chi connectivity index (χ1v) is 3.54. The van der Waals surface area contributed by atoms with Gasteiger partial charge >= 0.3 is 0 Å². The largest absolute Gasteiger partial charge is 0.382 e. The SMILES string of the molecule is C#CCNC(=O)c1nccnc1N. The highest BCUT2D eigenvalue weighted by Gasteiger charge is 2.09. The molecule has 0 bridgehead atoms. The van der Waals surface area contributed by atoms with E-state index in [0.29, 0.717) is 0 Å². The topological polar surface area (TPSA) is 80.9 Å². The van der Waals surface area contributed by atoms with Crippen molar-refractivity contribution in [2.75, 3.05) is 12.3 Å². The number of carbonyl (C=O) groups excluding carboxylic acids is 1. The van der Waals surface area contributed by atoms with E-state index in [-0.39, 0.29) is 18.1 Å². The van der Waals surface area contributed by atoms with Crippen molar-refractivity contribution in [1.82, 2.24) is 15.3 Å². The first-order chi connectivity index (χ1) is 6.25. The van der Waals surface area contributed by atoms with Crippen molar-refractivity contribution in [1.29, 1.82) is 0 Å². The first-order valence-electron chi connectivity index (χ1n) is 3.54. The fraction of sp³-hybridized carbons (Fsp3) is 0.125. The third kappa shape index (κ3) is 2.17. The van der Waals surface area contributed by atoms with Gasteiger partial charge in [-0.25, -0.2) is 9.97 Å². The maximum absolute atomic E-state index is 11.2. The highest BCUT2D eigenvalue weighted by atomic mass is 16.1. The summed E-state index contributed by atoms with van der Waals surface area (Å²) in [5, 5.41) is 2.43. The van der Waals surface area contributed by atoms with Crippen LogP contribution >= 0.6 is 0 Å². The zero-order valence-electron chi connectivity index (χ0n) is 6.82. The third-order valence-corrected chi connectivity index (χ3v) is 1.29. The minimum Gasteiger partial charge on any atom is -0.382 e. The van der Waals surface area contributed by atoms with Crippen molar-refractivity contribution in [2.24, 2.45) is 0 Å². The molecular formula is C8H8N4O. The van der Waals surface area contributed by atoms with Gasteiger partial charge in [0.05, 0.1) is 6.54 Å². The van der Waals surface area contributed by atoms with Gasteiger partial charge in [0, 0.05) is 12.4 Å². The van der Waals surface area contributed by atoms with E-state index in [9.17, 15) is 4.79 Å². The summed E-state index contributed by atoms with van der Waals surface area (Å²) in [6.45, 7) is 0.148. The molecule has 0 fully saturated rings. The van der Waals surface area contributed by atoms with Crippen molar-refractivity contribution < 1.29 is 4.79 Å². The van der Waals surface area contributed by atoms with Gasteiger partial charge in [-0.05, 0) is 0 Å². The van der Waals surface area contributed by atoms with Gasteiger partial charge in [-0.1, -0.05) is 5.92 Å². The summed E-state index contributed by atoms with van der Waals surface area (Å²) in [6.07, 6.45) is 7.76. The molecule has 0 aromatic carbocycles. The predicted octanol–water partition coefficient (Wildman–Crippen LogP) is -0.578. The van der Waals surface area contributed by atoms with Crippen molar-refractivity contribution in [3.63, 3.8) is 0 Å². The Balaban J connectivity index is 2.78. The minimum atomic E-state index is -0.413. The number of hydrogen-bond acceptors (Lipinski definition) is 4. The molecule has 13 heavy (non-hydrogen) atoms. The standard InChI is InChI=1S/C8H8N4O/c1-2-3-12-8(13)6-7(9)11-5-4-10-6/h1,4-5H,3H2,(H2,9,11)(H,12,13). The lowest BCUT2D eigenvalue weighted by Gasteiger charge is -2.01. The molecule has 0 aliphatic rings. The molecule has 3 N–H and O–H groups in total. The second kappa shape index (κ2) is 4.07. The van der Waals surface area contributed by atoms with E-state index < -0.39 is 5.91 Å². The van der Waals surface area contributed by atoms with Crippen molar-refractivity contribution >= 4 is 11.7 Å². The maximum Gasteiger partial charge on any atom is 0.274 e. The first kappa shape index (κ1) is 9.00. The summed E-state index contributed by atoms with van der Waals surface area (Å²) >= 11 is 0. The van der Waals surface area contributed by atoms with E-state index in [1.165, 1.54) is 12.4 Å². The van der Waals surface area contributed by atoms with Crippen LogP contribution in [0.5, 0.6) is 0 Å². The van der Waals surface area contributed by atoms with E-state index in [1.807, 2.05) is 0 Å². The predicted molar refractivity (Wildman–Crippen MR) is 47.6 cm³/mol. The molecule has 1 aromatic rings. The van der Waals surface area contributed by atoms with Crippen molar-refractivity contribution in [3.8, 4) is 12.3 Å². The number of nitrogens with zero attached hydrogens (tertiary/aromatic N) is 2. The molecule has 1 aromatic heterocycles. The van der Waals surface area contributed by atoms with Gasteiger partial charge in [0.2, 0.25) is 0 Å². The average Bonchev–Trinajstić information content (AvgIpc) is 2.15. The molecule has 66 valence electrons. The Morgan fingerprint density at radius 3 is 2.92 bits per heavy atom. The fourth-order valence-electron chi connectivity index (χ4n) is 0.739. The number of nitrogens with one attached hydrogen (secondary N) is 1. The molecule has 5 nitrogen and oxygen atoms in total. The molecule has 0 unspecified atom stereocenters. The molecule has 0 saturated carbocycles. The smallest absolute Gasteiger partial charge is 0.274 e. The third-order valence-electron chi connectivity index (χ3n) is 1.29. The summed E-state index contributed by atoms with van der Waals surface area (Å²) < 4.78 is 0. The molecule has 1 amide bonds. The van der Waals surface area contributed by atoms with Crippen LogP contribution in [0.1, 0.15) is 10.5 Å². The van der Waals surface area contributed by atoms with Crippen LogP contribution in [0.4, 0.5) is 5.82 Å². The number of aromatic nitrogens is 2. The lowest BCUT2D eigenvalue weighted by atomic mass is 10.4. The Morgan fingerprint density at radius 2 is 2.31 bits per heavy atom. The number of amides is 1. The summed E-state index contributed by atoms with van der Waals surface area (Å²) in [5.74, 6) is 1.95. The number of rotatable bonds is 2. The summed E-state index contributed by atoms with van der Waals surface area (Å²) in [4.78, 5) is 18.7. The van der Waals surface area contributed by atoms with Crippen molar-refractivity contribution in [2.45, 2.75) is 0 Å². The number of nitrogens with two attached hydrogens (primary N) is 1. The molecule has 0 saturated heterocycles. The molecule has 0 radical (unpaired) electrons. The molecule has 0 spiro atoms. The van der Waals surface area contributed by atoms with Gasteiger partial charge < -0.3 is 11.1 Å². The Kier molecular flexibility index (Phi) is 2.82. The van der Waals surface area contributed by atoms with Crippen LogP contribution in [0.25, 0.3) is 0 Å². The molecule has 1 rings (SSSR count). The second-order valence-electron chi connectivity index (χ2n) is 2.18. The molecule has 1 heterocycles. The van der Waals surface area contributed by atoms with Gasteiger partial charge in [0.25, 0.3) is 5.91 Å². The Hall–Kier alpha value is -2.09. The highest BCUT2D eigenvalue weighted by molar-refractivity contribution is 5.96. The monoisotopic (exact) mass is 176 g/mol. The quantitative estimate of drug-likeness (QED) is 0.591. The summed E-state index contributed by atoms with van der Waals surface area (Å²) in [6, 6.07) is 0. The van der Waals surface area contributed by atoms with Crippen LogP contribution in [-0.2, 0) is 0 Å². The van der Waals surface area contributed by atoms with Crippen LogP contribution < -0.4 is 11.1 Å². The molecule has 0 aliphatic heterocycles. The van der Waals surface area contributed by atoms with E-state index >= 15 is 0 Å². The maximum atomic E-state index is 11.2. The number of hydrogen-bond donors (Lipinski definition) is 2. The average molecular weight is 176 g/mol. The summed E-state index contributed by atoms with van der Waals surface area (Å²) in [5.41, 5.74) is 5.50. The Morgan fingerprint density at radius 1 is 1.62 bits per heavy atom. The normalized spacial score (nSPS) is 8.85. The number of anilines is 1. The lowest BCUT2D eigenvalue weighted by molar-refractivity contribution is 0.0954. The van der Waals surface area contributed by atoms with Gasteiger partial charge in [0.1, 0.15) is 0 Å². The molecule has 0 atom stereocenters. The zero-order valence-corrected chi connectivity index (χ0v) is 6.82. The second-order valence-corrected chi connectivity index (χ2v) is 2.18. The van der Waals surface area contributed by atoms with E-state index in [4.69, 9.17) is 12.2 Å². The van der Waals surface area contributed by atoms with E-state index in [1.54, 1.807) is 0 Å². The number of nitrogen functional groups attached to an aromatic ring is 1. The van der Waals surface area contributed by atoms with Crippen LogP contribution in [0.2, 0.25) is 0 Å². The van der Waals surface area contributed by atoms with Gasteiger partial charge in [-0.15, -0.1) is 6.42 Å². The highest BCUT2D eigenvalue weighted by Crippen LogP contribution is 2.01. The number of carbonyl (C=O) groups is 1. The van der Waals surface area contributed by atoms with Crippen LogP contribution in [0.15, 0.2) is 12.4 Å². The number of terminal acetylenes is 1. The van der Waals surface area contributed by atoms with Crippen molar-refractivity contribution in [3.05, 3.63) is 18.1 Å². The van der Waals surface area contributed by atoms with E-state index in [0.717, 1.165) is 0 Å². The van der Waals surface area contributed by atoms with Gasteiger partial charge in [-0.3, -0.25) is 4.79 Å². The van der Waals surface area contributed by atoms with Crippen LogP contribution in [0.3, 0.4) is 0 Å². The Labute approximate surface area is 75.4 Å². The summed E-state index contributed by atoms with van der Waals surface area (Å²) in [7, 11) is 0. The molecular weight excluding hydrogens is 168 g/mol. The fourth-order valence-corrected chi connectivity index (χ4v) is 0.739. The van der Waals surface area contributed by atoms with Crippen LogP contribution in [0, 0.1) is 12.3 Å². The Bertz CT molecular complexity index is 355.